The zero-order valence-corrected chi connectivity index (χ0v) is 11.4. The number of aromatic nitrogens is 1. The van der Waals surface area contributed by atoms with Gasteiger partial charge in [-0.1, -0.05) is 48.5 Å². The number of rotatable bonds is 2. The number of pyridine rings is 1. The van der Waals surface area contributed by atoms with E-state index in [0.717, 1.165) is 10.9 Å². The van der Waals surface area contributed by atoms with Gasteiger partial charge in [-0.25, -0.2) is 0 Å². The van der Waals surface area contributed by atoms with E-state index in [1.54, 1.807) is 0 Å². The van der Waals surface area contributed by atoms with E-state index in [1.807, 2.05) is 54.6 Å². The maximum Gasteiger partial charge on any atom is 0.308 e. The molecule has 1 aromatic heterocycles. The highest BCUT2D eigenvalue weighted by molar-refractivity contribution is 5.98. The molecular weight excluding hydrogens is 266 g/mol. The van der Waals surface area contributed by atoms with Gasteiger partial charge in [-0.15, -0.1) is 0 Å². The third kappa shape index (κ3) is 2.43. The predicted octanol–water partition coefficient (Wildman–Crippen LogP) is 3.12. The number of benzene rings is 2. The van der Waals surface area contributed by atoms with Gasteiger partial charge in [-0.3, -0.25) is 9.59 Å². The van der Waals surface area contributed by atoms with Gasteiger partial charge in [0.1, 0.15) is 0 Å². The number of carbonyl (C=O) groups is 1. The van der Waals surface area contributed by atoms with Crippen LogP contribution >= 0.6 is 0 Å². The normalized spacial score (nSPS) is 10.5. The molecule has 1 N–H and O–H groups in total. The Kier molecular flexibility index (Phi) is 3.28. The largest absolute Gasteiger partial charge is 0.420 e. The Morgan fingerprint density at radius 3 is 2.38 bits per heavy atom. The van der Waals surface area contributed by atoms with Gasteiger partial charge in [0, 0.05) is 23.4 Å². The fourth-order valence-electron chi connectivity index (χ4n) is 2.36. The van der Waals surface area contributed by atoms with Gasteiger partial charge in [0.05, 0.1) is 0 Å². The molecule has 4 nitrogen and oxygen atoms in total. The van der Waals surface area contributed by atoms with E-state index in [2.05, 4.69) is 4.98 Å². The Balaban J connectivity index is 2.42. The summed E-state index contributed by atoms with van der Waals surface area (Å²) in [6.07, 6.45) is 0. The summed E-state index contributed by atoms with van der Waals surface area (Å²) in [5.74, 6) is -0.486. The van der Waals surface area contributed by atoms with Crippen molar-refractivity contribution in [1.29, 1.82) is 0 Å². The van der Waals surface area contributed by atoms with Crippen LogP contribution in [0.25, 0.3) is 22.0 Å². The van der Waals surface area contributed by atoms with E-state index in [-0.39, 0.29) is 5.75 Å². The second kappa shape index (κ2) is 5.25. The molecule has 0 saturated carbocycles. The molecule has 0 fully saturated rings. The van der Waals surface area contributed by atoms with Crippen LogP contribution in [0.1, 0.15) is 6.92 Å². The van der Waals surface area contributed by atoms with Crippen LogP contribution in [0.5, 0.6) is 5.75 Å². The smallest absolute Gasteiger partial charge is 0.308 e. The summed E-state index contributed by atoms with van der Waals surface area (Å²) in [5.41, 5.74) is 1.75. The van der Waals surface area contributed by atoms with Gasteiger partial charge in [-0.05, 0) is 11.6 Å². The van der Waals surface area contributed by atoms with Gasteiger partial charge in [-0.2, -0.15) is 0 Å². The monoisotopic (exact) mass is 279 g/mol. The minimum Gasteiger partial charge on any atom is -0.420 e. The zero-order chi connectivity index (χ0) is 14.8. The van der Waals surface area contributed by atoms with Crippen molar-refractivity contribution in [2.45, 2.75) is 6.92 Å². The Hall–Kier alpha value is -2.88. The number of nitrogens with one attached hydrogen (secondary N) is 1. The molecule has 3 rings (SSSR count). The van der Waals surface area contributed by atoms with Crippen molar-refractivity contribution in [1.82, 2.24) is 4.98 Å². The van der Waals surface area contributed by atoms with E-state index in [0.29, 0.717) is 11.1 Å². The maximum absolute atomic E-state index is 12.2. The highest BCUT2D eigenvalue weighted by atomic mass is 16.5. The third-order valence-corrected chi connectivity index (χ3v) is 3.19. The van der Waals surface area contributed by atoms with Crippen molar-refractivity contribution in [3.8, 4) is 16.9 Å². The first-order valence-electron chi connectivity index (χ1n) is 6.55. The van der Waals surface area contributed by atoms with Crippen molar-refractivity contribution in [3.63, 3.8) is 0 Å². The van der Waals surface area contributed by atoms with Gasteiger partial charge < -0.3 is 9.72 Å². The lowest BCUT2D eigenvalue weighted by atomic mass is 10.0. The first-order valence-corrected chi connectivity index (χ1v) is 6.55. The average Bonchev–Trinajstić information content (AvgIpc) is 2.48. The lowest BCUT2D eigenvalue weighted by molar-refractivity contribution is -0.131. The number of hydrogen-bond donors (Lipinski definition) is 1. The third-order valence-electron chi connectivity index (χ3n) is 3.19. The maximum atomic E-state index is 12.2. The van der Waals surface area contributed by atoms with Crippen LogP contribution < -0.4 is 10.3 Å². The van der Waals surface area contributed by atoms with Crippen molar-refractivity contribution < 1.29 is 9.53 Å². The molecule has 104 valence electrons. The van der Waals surface area contributed by atoms with E-state index in [9.17, 15) is 9.59 Å². The Morgan fingerprint density at radius 1 is 1.00 bits per heavy atom. The highest BCUT2D eigenvalue weighted by Gasteiger charge is 2.16. The molecule has 0 unspecified atom stereocenters. The predicted molar refractivity (Wildman–Crippen MR) is 81.3 cm³/mol. The summed E-state index contributed by atoms with van der Waals surface area (Å²) >= 11 is 0. The number of aromatic amines is 1. The standard InChI is InChI=1S/C17H13NO3/c1-11(19)21-16-15(12-7-3-2-4-8-12)13-9-5-6-10-14(13)18-17(16)20/h2-10H,1H3,(H,18,20). The summed E-state index contributed by atoms with van der Waals surface area (Å²) < 4.78 is 5.16. The van der Waals surface area contributed by atoms with E-state index < -0.39 is 11.5 Å². The molecule has 4 heteroatoms. The number of ether oxygens (including phenoxy) is 1. The number of carbonyl (C=O) groups excluding carboxylic acids is 1. The summed E-state index contributed by atoms with van der Waals surface area (Å²) in [5, 5.41) is 0.833. The summed E-state index contributed by atoms with van der Waals surface area (Å²) in [6.45, 7) is 1.28. The molecule has 3 aromatic rings. The molecule has 0 aliphatic rings. The van der Waals surface area contributed by atoms with Crippen molar-refractivity contribution >= 4 is 16.9 Å². The second-order valence-corrected chi connectivity index (χ2v) is 4.66. The van der Waals surface area contributed by atoms with Crippen molar-refractivity contribution in [2.75, 3.05) is 0 Å². The number of fused-ring (bicyclic) bond motifs is 1. The minimum atomic E-state index is -0.520. The fourth-order valence-corrected chi connectivity index (χ4v) is 2.36. The molecule has 2 aromatic carbocycles. The first kappa shape index (κ1) is 13.1. The van der Waals surface area contributed by atoms with Crippen LogP contribution in [0.3, 0.4) is 0 Å². The van der Waals surface area contributed by atoms with Gasteiger partial charge in [0.2, 0.25) is 5.75 Å². The Bertz CT molecular complexity index is 866. The van der Waals surface area contributed by atoms with Gasteiger partial charge in [0.15, 0.2) is 0 Å². The van der Waals surface area contributed by atoms with Crippen molar-refractivity contribution in [2.24, 2.45) is 0 Å². The molecule has 0 atom stereocenters. The highest BCUT2D eigenvalue weighted by Crippen LogP contribution is 2.33. The molecule has 21 heavy (non-hydrogen) atoms. The van der Waals surface area contributed by atoms with E-state index >= 15 is 0 Å². The van der Waals surface area contributed by atoms with Crippen LogP contribution in [0, 0.1) is 0 Å². The zero-order valence-electron chi connectivity index (χ0n) is 11.4. The first-order chi connectivity index (χ1) is 10.2. The molecule has 0 aliphatic heterocycles. The van der Waals surface area contributed by atoms with Crippen LogP contribution in [-0.2, 0) is 4.79 Å². The Labute approximate surface area is 121 Å². The lowest BCUT2D eigenvalue weighted by Gasteiger charge is -2.11. The minimum absolute atomic E-state index is 0.0346. The van der Waals surface area contributed by atoms with E-state index in [1.165, 1.54) is 6.92 Å². The van der Waals surface area contributed by atoms with Crippen LogP contribution in [-0.4, -0.2) is 11.0 Å². The Morgan fingerprint density at radius 2 is 1.67 bits per heavy atom. The summed E-state index contributed by atoms with van der Waals surface area (Å²) in [6, 6.07) is 16.9. The molecule has 1 heterocycles. The molecule has 0 aliphatic carbocycles. The van der Waals surface area contributed by atoms with Crippen LogP contribution in [0.15, 0.2) is 59.4 Å². The quantitative estimate of drug-likeness (QED) is 0.733. The average molecular weight is 279 g/mol. The molecular formula is C17H13NO3. The number of para-hydroxylation sites is 1. The fraction of sp³-hybridized carbons (Fsp3) is 0.0588. The van der Waals surface area contributed by atoms with Crippen LogP contribution in [0.4, 0.5) is 0 Å². The number of H-pyrrole nitrogens is 1. The van der Waals surface area contributed by atoms with E-state index in [4.69, 9.17) is 4.74 Å². The van der Waals surface area contributed by atoms with Gasteiger partial charge in [0.25, 0.3) is 5.56 Å². The number of esters is 1. The summed E-state index contributed by atoms with van der Waals surface area (Å²) in [7, 11) is 0. The molecule has 0 saturated heterocycles. The number of hydrogen-bond acceptors (Lipinski definition) is 3. The summed E-state index contributed by atoms with van der Waals surface area (Å²) in [4.78, 5) is 26.3. The molecule has 0 radical (unpaired) electrons. The molecule has 0 spiro atoms. The SMILES string of the molecule is CC(=O)Oc1c(-c2ccccc2)c2ccccc2[nH]c1=O. The molecule has 0 amide bonds. The van der Waals surface area contributed by atoms with Crippen LogP contribution in [0.2, 0.25) is 0 Å². The lowest BCUT2D eigenvalue weighted by Crippen LogP contribution is -2.15. The van der Waals surface area contributed by atoms with Gasteiger partial charge >= 0.3 is 5.97 Å². The topological polar surface area (TPSA) is 59.2 Å². The second-order valence-electron chi connectivity index (χ2n) is 4.66. The van der Waals surface area contributed by atoms with Crippen molar-refractivity contribution in [3.05, 3.63) is 65.0 Å². The molecule has 0 bridgehead atoms.